The third-order valence-corrected chi connectivity index (χ3v) is 4.63. The first-order valence-electron chi connectivity index (χ1n) is 11.2. The van der Waals surface area contributed by atoms with E-state index in [1.807, 2.05) is 13.8 Å². The van der Waals surface area contributed by atoms with Gasteiger partial charge in [-0.05, 0) is 31.6 Å². The first-order chi connectivity index (χ1) is 13.0. The minimum absolute atomic E-state index is 0.138. The van der Waals surface area contributed by atoms with E-state index in [9.17, 15) is 9.59 Å². The van der Waals surface area contributed by atoms with Crippen molar-refractivity contribution in [3.05, 3.63) is 0 Å². The number of amides is 1. The Morgan fingerprint density at radius 3 is 2.07 bits per heavy atom. The molecule has 0 heterocycles. The van der Waals surface area contributed by atoms with Crippen molar-refractivity contribution in [3.63, 3.8) is 0 Å². The molecule has 0 spiro atoms. The Labute approximate surface area is 167 Å². The second-order valence-corrected chi connectivity index (χ2v) is 8.05. The summed E-state index contributed by atoms with van der Waals surface area (Å²) in [5.41, 5.74) is 5.82. The lowest BCUT2D eigenvalue weighted by Gasteiger charge is -2.12. The molecule has 1 atom stereocenters. The Kier molecular flexibility index (Phi) is 17.5. The summed E-state index contributed by atoms with van der Waals surface area (Å²) < 4.78 is 5.12. The van der Waals surface area contributed by atoms with Gasteiger partial charge in [-0.1, -0.05) is 72.1 Å². The lowest BCUT2D eigenvalue weighted by molar-refractivity contribution is -0.146. The molecule has 0 saturated carbocycles. The van der Waals surface area contributed by atoms with Gasteiger partial charge in [-0.3, -0.25) is 9.59 Å². The van der Waals surface area contributed by atoms with Crippen LogP contribution in [0.4, 0.5) is 0 Å². The second kappa shape index (κ2) is 18.3. The molecule has 27 heavy (non-hydrogen) atoms. The van der Waals surface area contributed by atoms with Crippen molar-refractivity contribution < 1.29 is 14.3 Å². The van der Waals surface area contributed by atoms with Gasteiger partial charge in [-0.15, -0.1) is 0 Å². The van der Waals surface area contributed by atoms with Crippen molar-refractivity contribution in [3.8, 4) is 0 Å². The molecule has 0 aromatic heterocycles. The van der Waals surface area contributed by atoms with Crippen LogP contribution in [-0.2, 0) is 14.3 Å². The number of rotatable bonds is 18. The molecule has 0 bridgehead atoms. The molecule has 5 nitrogen and oxygen atoms in total. The predicted molar refractivity (Wildman–Crippen MR) is 112 cm³/mol. The molecule has 0 aromatic carbocycles. The highest BCUT2D eigenvalue weighted by Crippen LogP contribution is 2.10. The van der Waals surface area contributed by atoms with E-state index in [0.717, 1.165) is 25.7 Å². The number of esters is 1. The van der Waals surface area contributed by atoms with Gasteiger partial charge < -0.3 is 15.8 Å². The lowest BCUT2D eigenvalue weighted by Crippen LogP contribution is -2.33. The smallest absolute Gasteiger partial charge is 0.322 e. The minimum Gasteiger partial charge on any atom is -0.464 e. The van der Waals surface area contributed by atoms with E-state index in [-0.39, 0.29) is 11.9 Å². The Balaban J connectivity index is 3.42. The number of nitrogens with two attached hydrogens (primary N) is 1. The van der Waals surface area contributed by atoms with Gasteiger partial charge in [0.2, 0.25) is 5.91 Å². The molecule has 0 aliphatic heterocycles. The topological polar surface area (TPSA) is 81.4 Å². The van der Waals surface area contributed by atoms with E-state index < -0.39 is 6.04 Å². The van der Waals surface area contributed by atoms with Crippen LogP contribution in [0.25, 0.3) is 0 Å². The number of carbonyl (C=O) groups excluding carboxylic acids is 2. The van der Waals surface area contributed by atoms with Gasteiger partial charge in [0.1, 0.15) is 6.04 Å². The molecule has 1 amide bonds. The Bertz CT molecular complexity index is 373. The number of ether oxygens (including phenoxy) is 1. The average molecular weight is 385 g/mol. The number of hydrogen-bond donors (Lipinski definition) is 2. The van der Waals surface area contributed by atoms with Crippen molar-refractivity contribution in [2.45, 2.75) is 110 Å². The molecule has 0 aliphatic carbocycles. The predicted octanol–water partition coefficient (Wildman–Crippen LogP) is 4.72. The highest BCUT2D eigenvalue weighted by atomic mass is 16.5. The second-order valence-electron chi connectivity index (χ2n) is 8.05. The van der Waals surface area contributed by atoms with Crippen LogP contribution < -0.4 is 11.1 Å². The molecular formula is C22H44N2O3. The Morgan fingerprint density at radius 1 is 0.889 bits per heavy atom. The van der Waals surface area contributed by atoms with Gasteiger partial charge in [-0.25, -0.2) is 0 Å². The van der Waals surface area contributed by atoms with Crippen LogP contribution >= 0.6 is 0 Å². The van der Waals surface area contributed by atoms with E-state index in [2.05, 4.69) is 12.2 Å². The summed E-state index contributed by atoms with van der Waals surface area (Å²) in [7, 11) is 0. The molecule has 0 rings (SSSR count). The first kappa shape index (κ1) is 25.9. The average Bonchev–Trinajstić information content (AvgIpc) is 2.64. The van der Waals surface area contributed by atoms with Crippen LogP contribution in [0.3, 0.4) is 0 Å². The molecule has 5 heteroatoms. The molecule has 0 unspecified atom stereocenters. The maximum atomic E-state index is 11.8. The summed E-state index contributed by atoms with van der Waals surface area (Å²) in [5, 5.41) is 2.96. The zero-order chi connectivity index (χ0) is 20.3. The summed E-state index contributed by atoms with van der Waals surface area (Å²) in [5.74, 6) is 0.138. The normalized spacial score (nSPS) is 12.2. The van der Waals surface area contributed by atoms with Crippen molar-refractivity contribution in [1.29, 1.82) is 0 Å². The summed E-state index contributed by atoms with van der Waals surface area (Å²) in [6.45, 7) is 7.31. The third kappa shape index (κ3) is 18.0. The van der Waals surface area contributed by atoms with E-state index in [4.69, 9.17) is 10.5 Å². The summed E-state index contributed by atoms with van der Waals surface area (Å²) in [4.78, 5) is 23.5. The van der Waals surface area contributed by atoms with E-state index in [0.29, 0.717) is 31.9 Å². The van der Waals surface area contributed by atoms with Crippen LogP contribution in [0.15, 0.2) is 0 Å². The molecular weight excluding hydrogens is 340 g/mol. The van der Waals surface area contributed by atoms with Gasteiger partial charge in [-0.2, -0.15) is 0 Å². The van der Waals surface area contributed by atoms with Crippen LogP contribution in [0.1, 0.15) is 104 Å². The maximum absolute atomic E-state index is 11.8. The van der Waals surface area contributed by atoms with E-state index in [1.165, 1.54) is 44.9 Å². The summed E-state index contributed by atoms with van der Waals surface area (Å²) >= 11 is 0. The van der Waals surface area contributed by atoms with Crippen LogP contribution in [0.2, 0.25) is 0 Å². The van der Waals surface area contributed by atoms with Crippen molar-refractivity contribution in [2.75, 3.05) is 13.2 Å². The number of carbonyl (C=O) groups is 2. The van der Waals surface area contributed by atoms with Gasteiger partial charge in [0, 0.05) is 13.0 Å². The third-order valence-electron chi connectivity index (χ3n) is 4.63. The first-order valence-corrected chi connectivity index (χ1v) is 11.2. The zero-order valence-corrected chi connectivity index (χ0v) is 18.1. The monoisotopic (exact) mass is 384 g/mol. The van der Waals surface area contributed by atoms with Crippen LogP contribution in [-0.4, -0.2) is 31.1 Å². The van der Waals surface area contributed by atoms with Crippen molar-refractivity contribution in [2.24, 2.45) is 11.7 Å². The van der Waals surface area contributed by atoms with Gasteiger partial charge >= 0.3 is 5.97 Å². The fourth-order valence-electron chi connectivity index (χ4n) is 2.88. The quantitative estimate of drug-likeness (QED) is 0.265. The SMILES string of the molecule is CCCCCCCCCCCC(=O)NCCCC[C@H](N)C(=O)OCC(C)C. The van der Waals surface area contributed by atoms with E-state index >= 15 is 0 Å². The number of unbranched alkanes of at least 4 members (excludes halogenated alkanes) is 9. The maximum Gasteiger partial charge on any atom is 0.322 e. The molecule has 0 saturated heterocycles. The fraction of sp³-hybridized carbons (Fsp3) is 0.909. The molecule has 0 radical (unpaired) electrons. The highest BCUT2D eigenvalue weighted by molar-refractivity contribution is 5.76. The van der Waals surface area contributed by atoms with Crippen molar-refractivity contribution >= 4 is 11.9 Å². The molecule has 3 N–H and O–H groups in total. The summed E-state index contributed by atoms with van der Waals surface area (Å²) in [6.07, 6.45) is 14.3. The molecule has 0 fully saturated rings. The standard InChI is InChI=1S/C22H44N2O3/c1-4-5-6-7-8-9-10-11-12-16-21(25)24-17-14-13-15-20(23)22(26)27-18-19(2)3/h19-20H,4-18,23H2,1-3H3,(H,24,25)/t20-/m0/s1. The number of nitrogens with one attached hydrogen (secondary N) is 1. The molecule has 0 aliphatic rings. The fourth-order valence-corrected chi connectivity index (χ4v) is 2.88. The Morgan fingerprint density at radius 2 is 1.48 bits per heavy atom. The van der Waals surface area contributed by atoms with Gasteiger partial charge in [0.05, 0.1) is 6.61 Å². The highest BCUT2D eigenvalue weighted by Gasteiger charge is 2.14. The zero-order valence-electron chi connectivity index (χ0n) is 18.1. The number of hydrogen-bond acceptors (Lipinski definition) is 4. The van der Waals surface area contributed by atoms with Crippen LogP contribution in [0.5, 0.6) is 0 Å². The van der Waals surface area contributed by atoms with Crippen molar-refractivity contribution in [1.82, 2.24) is 5.32 Å². The van der Waals surface area contributed by atoms with Gasteiger partial charge in [0.25, 0.3) is 0 Å². The molecule has 0 aromatic rings. The minimum atomic E-state index is -0.554. The lowest BCUT2D eigenvalue weighted by atomic mass is 10.1. The van der Waals surface area contributed by atoms with Gasteiger partial charge in [0.15, 0.2) is 0 Å². The molecule has 160 valence electrons. The van der Waals surface area contributed by atoms with Crippen LogP contribution in [0, 0.1) is 5.92 Å². The Hall–Kier alpha value is -1.10. The van der Waals surface area contributed by atoms with E-state index in [1.54, 1.807) is 0 Å². The summed E-state index contributed by atoms with van der Waals surface area (Å²) in [6, 6.07) is -0.554. The largest absolute Gasteiger partial charge is 0.464 e.